The molecule has 1 saturated heterocycles. The fourth-order valence-electron chi connectivity index (χ4n) is 4.62. The first-order chi connectivity index (χ1) is 16.9. The average Bonchev–Trinajstić information content (AvgIpc) is 3.42. The van der Waals surface area contributed by atoms with Gasteiger partial charge < -0.3 is 21.5 Å². The summed E-state index contributed by atoms with van der Waals surface area (Å²) >= 11 is 0. The second-order valence-electron chi connectivity index (χ2n) is 9.24. The molecule has 0 spiro atoms. The van der Waals surface area contributed by atoms with E-state index in [1.807, 2.05) is 56.3 Å². The molecule has 1 heterocycles. The minimum Gasteiger partial charge on any atom is -0.390 e. The molecule has 3 atom stereocenters. The zero-order valence-electron chi connectivity index (χ0n) is 21.1. The van der Waals surface area contributed by atoms with Crippen LogP contribution in [0.5, 0.6) is 0 Å². The summed E-state index contributed by atoms with van der Waals surface area (Å²) in [5.41, 5.74) is 6.34. The van der Waals surface area contributed by atoms with Crippen LogP contribution in [0.1, 0.15) is 45.1 Å². The number of nitrogens with one attached hydrogen (secondary N) is 2. The molecule has 0 aromatic heterocycles. The highest BCUT2D eigenvalue weighted by atomic mass is 35.5. The molecule has 0 aliphatic carbocycles. The van der Waals surface area contributed by atoms with Crippen molar-refractivity contribution in [1.82, 2.24) is 15.5 Å². The molecule has 5 N–H and O–H groups in total. The first-order valence-electron chi connectivity index (χ1n) is 12.6. The number of hydrogen-bond donors (Lipinski definition) is 4. The van der Waals surface area contributed by atoms with Crippen LogP contribution in [0.3, 0.4) is 0 Å². The van der Waals surface area contributed by atoms with Crippen LogP contribution in [0.15, 0.2) is 42.5 Å². The summed E-state index contributed by atoms with van der Waals surface area (Å²) in [7, 11) is 0. The highest BCUT2D eigenvalue weighted by Gasteiger charge is 2.40. The average molecular weight is 519 g/mol. The molecule has 0 bridgehead atoms. The lowest BCUT2D eigenvalue weighted by Crippen LogP contribution is -2.59. The molecule has 198 valence electrons. The number of nitrogens with zero attached hydrogens (tertiary/aromatic N) is 1. The van der Waals surface area contributed by atoms with E-state index in [-0.39, 0.29) is 49.6 Å². The molecule has 1 unspecified atom stereocenters. The van der Waals surface area contributed by atoms with E-state index in [1.54, 1.807) is 0 Å². The third-order valence-electron chi connectivity index (χ3n) is 6.81. The molecular formula is C27H39ClN4O4. The van der Waals surface area contributed by atoms with Crippen molar-refractivity contribution in [3.63, 3.8) is 0 Å². The van der Waals surface area contributed by atoms with Gasteiger partial charge in [0, 0.05) is 25.4 Å². The standard InChI is InChI=1S/C27H38N4O4.ClH/c1-3-19(4-2)26(34)31(27(35)23-10-7-13-29-23)24(25(33)30-17-22(32)16-28)15-18-11-12-20-8-5-6-9-21(20)14-18;/h5-6,8-9,11-12,14,19,22-24,29,32H,3-4,7,10,13,15-17,28H2,1-2H3,(H,30,33);1H/t22?,23-,24+;/m0./s1. The number of amides is 3. The molecule has 8 nitrogen and oxygen atoms in total. The smallest absolute Gasteiger partial charge is 0.247 e. The van der Waals surface area contributed by atoms with Gasteiger partial charge in [0.05, 0.1) is 12.1 Å². The van der Waals surface area contributed by atoms with Gasteiger partial charge in [0.15, 0.2) is 0 Å². The van der Waals surface area contributed by atoms with Crippen LogP contribution < -0.4 is 16.4 Å². The lowest BCUT2D eigenvalue weighted by atomic mass is 9.96. The van der Waals surface area contributed by atoms with Gasteiger partial charge in [-0.2, -0.15) is 0 Å². The van der Waals surface area contributed by atoms with Gasteiger partial charge in [0.2, 0.25) is 17.7 Å². The molecule has 3 amide bonds. The highest BCUT2D eigenvalue weighted by molar-refractivity contribution is 6.03. The Labute approximate surface area is 219 Å². The summed E-state index contributed by atoms with van der Waals surface area (Å²) in [6.45, 7) is 4.48. The van der Waals surface area contributed by atoms with Gasteiger partial charge in [-0.05, 0) is 48.6 Å². The van der Waals surface area contributed by atoms with Crippen LogP contribution in [0.2, 0.25) is 0 Å². The first-order valence-corrected chi connectivity index (χ1v) is 12.6. The van der Waals surface area contributed by atoms with Gasteiger partial charge >= 0.3 is 0 Å². The van der Waals surface area contributed by atoms with Crippen LogP contribution in [-0.4, -0.2) is 65.5 Å². The summed E-state index contributed by atoms with van der Waals surface area (Å²) in [4.78, 5) is 42.0. The van der Waals surface area contributed by atoms with Crippen molar-refractivity contribution in [2.45, 2.75) is 64.1 Å². The van der Waals surface area contributed by atoms with Crippen LogP contribution in [0.25, 0.3) is 10.8 Å². The number of hydrogen-bond acceptors (Lipinski definition) is 6. The SMILES string of the molecule is CCC(CC)C(=O)N(C(=O)[C@@H]1CCCN1)[C@H](Cc1ccc2ccccc2c1)C(=O)NCC(O)CN.Cl. The molecule has 1 fully saturated rings. The van der Waals surface area contributed by atoms with E-state index < -0.39 is 24.1 Å². The molecule has 1 aliphatic rings. The number of fused-ring (bicyclic) bond motifs is 1. The van der Waals surface area contributed by atoms with Crippen LogP contribution in [0.4, 0.5) is 0 Å². The molecule has 3 rings (SSSR count). The van der Waals surface area contributed by atoms with Crippen molar-refractivity contribution in [2.75, 3.05) is 19.6 Å². The van der Waals surface area contributed by atoms with E-state index >= 15 is 0 Å². The number of carbonyl (C=O) groups excluding carboxylic acids is 3. The second kappa shape index (κ2) is 14.3. The predicted octanol–water partition coefficient (Wildman–Crippen LogP) is 2.15. The minimum atomic E-state index is -1.04. The first kappa shape index (κ1) is 29.7. The Bertz CT molecular complexity index is 1010. The third-order valence-corrected chi connectivity index (χ3v) is 6.81. The molecule has 2 aromatic carbocycles. The van der Waals surface area contributed by atoms with Crippen molar-refractivity contribution in [2.24, 2.45) is 11.7 Å². The zero-order chi connectivity index (χ0) is 25.4. The number of aliphatic hydroxyl groups is 1. The number of benzene rings is 2. The number of nitrogens with two attached hydrogens (primary N) is 1. The quantitative estimate of drug-likeness (QED) is 0.361. The van der Waals surface area contributed by atoms with Crippen molar-refractivity contribution in [3.05, 3.63) is 48.0 Å². The fraction of sp³-hybridized carbons (Fsp3) is 0.519. The lowest BCUT2D eigenvalue weighted by Gasteiger charge is -2.34. The molecule has 36 heavy (non-hydrogen) atoms. The summed E-state index contributed by atoms with van der Waals surface area (Å²) in [5.74, 6) is -1.52. The van der Waals surface area contributed by atoms with Gasteiger partial charge in [-0.3, -0.25) is 19.3 Å². The van der Waals surface area contributed by atoms with E-state index in [0.29, 0.717) is 25.8 Å². The fourth-order valence-corrected chi connectivity index (χ4v) is 4.62. The van der Waals surface area contributed by atoms with E-state index in [1.165, 1.54) is 4.90 Å². The van der Waals surface area contributed by atoms with Crippen LogP contribution in [-0.2, 0) is 20.8 Å². The maximum Gasteiger partial charge on any atom is 0.247 e. The Balaban J connectivity index is 0.00000456. The van der Waals surface area contributed by atoms with Crippen molar-refractivity contribution in [1.29, 1.82) is 0 Å². The lowest BCUT2D eigenvalue weighted by molar-refractivity contribution is -0.155. The van der Waals surface area contributed by atoms with Crippen LogP contribution >= 0.6 is 12.4 Å². The monoisotopic (exact) mass is 518 g/mol. The topological polar surface area (TPSA) is 125 Å². The van der Waals surface area contributed by atoms with Crippen LogP contribution in [0, 0.1) is 5.92 Å². The Morgan fingerprint density at radius 2 is 1.83 bits per heavy atom. The van der Waals surface area contributed by atoms with Crippen molar-refractivity contribution < 1.29 is 19.5 Å². The minimum absolute atomic E-state index is 0. The number of rotatable bonds is 11. The Morgan fingerprint density at radius 1 is 1.14 bits per heavy atom. The molecule has 0 saturated carbocycles. The van der Waals surface area contributed by atoms with E-state index in [4.69, 9.17) is 5.73 Å². The van der Waals surface area contributed by atoms with Gasteiger partial charge in [-0.25, -0.2) is 0 Å². The second-order valence-corrected chi connectivity index (χ2v) is 9.24. The Hall–Kier alpha value is -2.52. The summed E-state index contributed by atoms with van der Waals surface area (Å²) in [6.07, 6.45) is 1.89. The molecule has 1 aliphatic heterocycles. The highest BCUT2D eigenvalue weighted by Crippen LogP contribution is 2.23. The van der Waals surface area contributed by atoms with E-state index in [0.717, 1.165) is 22.8 Å². The van der Waals surface area contributed by atoms with E-state index in [9.17, 15) is 19.5 Å². The number of carbonyl (C=O) groups is 3. The Kier molecular flexibility index (Phi) is 11.8. The molecule has 2 aromatic rings. The number of aliphatic hydroxyl groups excluding tert-OH is 1. The third kappa shape index (κ3) is 7.26. The number of imide groups is 1. The molecule has 0 radical (unpaired) electrons. The predicted molar refractivity (Wildman–Crippen MR) is 144 cm³/mol. The Morgan fingerprint density at radius 3 is 2.44 bits per heavy atom. The van der Waals surface area contributed by atoms with Gasteiger partial charge in [-0.15, -0.1) is 12.4 Å². The van der Waals surface area contributed by atoms with E-state index in [2.05, 4.69) is 10.6 Å². The largest absolute Gasteiger partial charge is 0.390 e. The zero-order valence-corrected chi connectivity index (χ0v) is 21.9. The number of halogens is 1. The molecule has 9 heteroatoms. The molecular weight excluding hydrogens is 480 g/mol. The van der Waals surface area contributed by atoms with Gasteiger partial charge in [-0.1, -0.05) is 56.3 Å². The van der Waals surface area contributed by atoms with Gasteiger partial charge in [0.25, 0.3) is 0 Å². The normalized spacial score (nSPS) is 16.9. The van der Waals surface area contributed by atoms with Crippen molar-refractivity contribution >= 4 is 40.9 Å². The summed E-state index contributed by atoms with van der Waals surface area (Å²) in [5, 5.41) is 17.9. The summed E-state index contributed by atoms with van der Waals surface area (Å²) in [6, 6.07) is 12.3. The maximum atomic E-state index is 13.7. The van der Waals surface area contributed by atoms with Gasteiger partial charge in [0.1, 0.15) is 6.04 Å². The maximum absolute atomic E-state index is 13.7. The summed E-state index contributed by atoms with van der Waals surface area (Å²) < 4.78 is 0. The van der Waals surface area contributed by atoms with Crippen molar-refractivity contribution in [3.8, 4) is 0 Å².